The topological polar surface area (TPSA) is 164 Å². The maximum absolute atomic E-state index is 12.2. The number of hydrogen-bond donors (Lipinski definition) is 4. The van der Waals surface area contributed by atoms with E-state index >= 15 is 0 Å². The summed E-state index contributed by atoms with van der Waals surface area (Å²) in [7, 11) is -7.33. The number of nitrogens with one attached hydrogen (secondary N) is 1. The van der Waals surface area contributed by atoms with Crippen molar-refractivity contribution in [2.24, 2.45) is 5.14 Å². The lowest BCUT2D eigenvalue weighted by Crippen LogP contribution is -2.33. The van der Waals surface area contributed by atoms with Gasteiger partial charge < -0.3 is 15.5 Å². The normalized spacial score (nSPS) is 20.2. The molecule has 2 heterocycles. The smallest absolute Gasteiger partial charge is 0.335 e. The second-order valence-electron chi connectivity index (χ2n) is 6.41. The lowest BCUT2D eigenvalue weighted by Gasteiger charge is -2.27. The van der Waals surface area contributed by atoms with Gasteiger partial charge in [0, 0.05) is 11.6 Å². The molecule has 0 aliphatic carbocycles. The highest BCUT2D eigenvalue weighted by Crippen LogP contribution is 2.42. The number of aromatic hydroxyl groups is 1. The van der Waals surface area contributed by atoms with Crippen LogP contribution in [0.15, 0.2) is 38.8 Å². The Balaban J connectivity index is 0.000000253. The second kappa shape index (κ2) is 8.79. The van der Waals surface area contributed by atoms with Crippen LogP contribution in [0.5, 0.6) is 5.75 Å². The van der Waals surface area contributed by atoms with Crippen LogP contribution in [0.3, 0.4) is 0 Å². The fourth-order valence-corrected chi connectivity index (χ4v) is 7.20. The van der Waals surface area contributed by atoms with Crippen molar-refractivity contribution in [3.05, 3.63) is 41.5 Å². The highest BCUT2D eigenvalue weighted by Gasteiger charge is 2.39. The number of rotatable bonds is 4. The van der Waals surface area contributed by atoms with Crippen molar-refractivity contribution in [3.63, 3.8) is 0 Å². The van der Waals surface area contributed by atoms with E-state index in [-0.39, 0.29) is 25.8 Å². The van der Waals surface area contributed by atoms with Gasteiger partial charge in [0.25, 0.3) is 0 Å². The molecule has 2 atom stereocenters. The van der Waals surface area contributed by atoms with E-state index in [0.717, 1.165) is 11.3 Å². The number of carboxylic acid groups (broad SMARTS) is 1. The fourth-order valence-electron chi connectivity index (χ4n) is 2.78. The Morgan fingerprint density at radius 1 is 1.31 bits per heavy atom. The summed E-state index contributed by atoms with van der Waals surface area (Å²) in [6, 6.07) is 6.60. The van der Waals surface area contributed by atoms with Crippen LogP contribution in [0.1, 0.15) is 42.2 Å². The zero-order chi connectivity index (χ0) is 22.0. The van der Waals surface area contributed by atoms with E-state index in [9.17, 15) is 21.6 Å². The first-order valence-electron chi connectivity index (χ1n) is 8.54. The van der Waals surface area contributed by atoms with Crippen molar-refractivity contribution in [1.29, 1.82) is 0 Å². The molecule has 0 saturated heterocycles. The number of phenolic OH excluding ortho intramolecular Hbond substituents is 1. The Hall–Kier alpha value is -1.99. The molecule has 2 aromatic rings. The van der Waals surface area contributed by atoms with E-state index in [1.54, 1.807) is 6.92 Å². The minimum Gasteiger partial charge on any atom is -0.508 e. The third-order valence-electron chi connectivity index (χ3n) is 4.28. The SMILES string of the molecule is CCNC1CC(C)S(=O)(=O)c2sc(S(N)(=O)=O)cc21.O=C(O)c1ccc(O)cc1. The van der Waals surface area contributed by atoms with E-state index in [1.807, 2.05) is 6.92 Å². The summed E-state index contributed by atoms with van der Waals surface area (Å²) in [6.45, 7) is 4.23. The molecule has 29 heavy (non-hydrogen) atoms. The minimum absolute atomic E-state index is 0.0741. The summed E-state index contributed by atoms with van der Waals surface area (Å²) < 4.78 is 47.3. The predicted octanol–water partition coefficient (Wildman–Crippen LogP) is 1.70. The number of primary sulfonamides is 1. The average molecular weight is 463 g/mol. The number of sulfonamides is 1. The average Bonchev–Trinajstić information content (AvgIpc) is 3.08. The molecule has 1 aliphatic rings. The molecule has 160 valence electrons. The van der Waals surface area contributed by atoms with E-state index in [0.29, 0.717) is 18.5 Å². The van der Waals surface area contributed by atoms with Crippen LogP contribution in [0, 0.1) is 0 Å². The van der Waals surface area contributed by atoms with Gasteiger partial charge in [0.15, 0.2) is 9.84 Å². The number of aromatic carboxylic acids is 1. The first kappa shape index (κ1) is 23.3. The molecule has 0 bridgehead atoms. The monoisotopic (exact) mass is 462 g/mol. The lowest BCUT2D eigenvalue weighted by atomic mass is 10.1. The van der Waals surface area contributed by atoms with E-state index < -0.39 is 31.1 Å². The van der Waals surface area contributed by atoms with Gasteiger partial charge >= 0.3 is 5.97 Å². The molecular weight excluding hydrogens is 440 g/mol. The van der Waals surface area contributed by atoms with Gasteiger partial charge in [-0.1, -0.05) is 6.92 Å². The Bertz CT molecular complexity index is 1090. The summed E-state index contributed by atoms with van der Waals surface area (Å²) in [5.74, 6) is -0.912. The summed E-state index contributed by atoms with van der Waals surface area (Å²) >= 11 is 0.742. The second-order valence-corrected chi connectivity index (χ2v) is 11.8. The van der Waals surface area contributed by atoms with E-state index in [4.69, 9.17) is 15.4 Å². The molecule has 0 spiro atoms. The molecule has 0 saturated carbocycles. The number of hydrogen-bond acceptors (Lipinski definition) is 8. The standard InChI is InChI=1S/C10H16N2O4S3.C7H6O3/c1-3-12-8-4-6(2)18(13,14)10-7(8)5-9(17-10)19(11,15)16;8-6-3-1-5(2-4-6)7(9)10/h5-6,8,12H,3-4H2,1-2H3,(H2,11,15,16);1-4,8H,(H,9,10). The van der Waals surface area contributed by atoms with Crippen molar-refractivity contribution in [2.75, 3.05) is 6.54 Å². The number of sulfone groups is 1. The molecule has 1 aliphatic heterocycles. The molecule has 12 heteroatoms. The van der Waals surface area contributed by atoms with Crippen LogP contribution < -0.4 is 10.5 Å². The molecule has 0 amide bonds. The van der Waals surface area contributed by atoms with Crippen molar-refractivity contribution in [2.45, 2.75) is 40.0 Å². The maximum atomic E-state index is 12.2. The predicted molar refractivity (Wildman–Crippen MR) is 108 cm³/mol. The molecule has 2 unspecified atom stereocenters. The molecule has 1 aromatic carbocycles. The Labute approximate surface area is 173 Å². The molecule has 3 rings (SSSR count). The number of carbonyl (C=O) groups is 1. The third kappa shape index (κ3) is 5.34. The van der Waals surface area contributed by atoms with Crippen molar-refractivity contribution in [3.8, 4) is 5.75 Å². The minimum atomic E-state index is -3.88. The van der Waals surface area contributed by atoms with Crippen LogP contribution in [0.4, 0.5) is 0 Å². The van der Waals surface area contributed by atoms with E-state index in [2.05, 4.69) is 5.32 Å². The van der Waals surface area contributed by atoms with Gasteiger partial charge in [-0.15, -0.1) is 11.3 Å². The summed E-state index contributed by atoms with van der Waals surface area (Å²) in [4.78, 5) is 10.2. The lowest BCUT2D eigenvalue weighted by molar-refractivity contribution is 0.0697. The molecule has 1 aromatic heterocycles. The van der Waals surface area contributed by atoms with Gasteiger partial charge in [-0.25, -0.2) is 26.8 Å². The van der Waals surface area contributed by atoms with Crippen LogP contribution in [-0.4, -0.2) is 44.8 Å². The first-order valence-corrected chi connectivity index (χ1v) is 12.4. The Kier molecular flexibility index (Phi) is 7.06. The van der Waals surface area contributed by atoms with Gasteiger partial charge in [-0.2, -0.15) is 0 Å². The number of thiophene rings is 1. The zero-order valence-electron chi connectivity index (χ0n) is 15.7. The van der Waals surface area contributed by atoms with Gasteiger partial charge in [0.2, 0.25) is 10.0 Å². The van der Waals surface area contributed by atoms with Crippen molar-refractivity contribution in [1.82, 2.24) is 5.32 Å². The number of benzene rings is 1. The molecule has 0 fully saturated rings. The Morgan fingerprint density at radius 3 is 2.38 bits per heavy atom. The fraction of sp³-hybridized carbons (Fsp3) is 0.353. The summed E-state index contributed by atoms with van der Waals surface area (Å²) in [5, 5.41) is 24.9. The highest BCUT2D eigenvalue weighted by molar-refractivity contribution is 7.95. The van der Waals surface area contributed by atoms with Gasteiger partial charge in [-0.3, -0.25) is 0 Å². The molecule has 9 nitrogen and oxygen atoms in total. The van der Waals surface area contributed by atoms with Crippen molar-refractivity contribution < 1.29 is 31.8 Å². The zero-order valence-corrected chi connectivity index (χ0v) is 18.1. The van der Waals surface area contributed by atoms with Crippen LogP contribution in [0.2, 0.25) is 0 Å². The number of nitrogens with two attached hydrogens (primary N) is 1. The van der Waals surface area contributed by atoms with Crippen LogP contribution in [-0.2, 0) is 19.9 Å². The highest BCUT2D eigenvalue weighted by atomic mass is 32.3. The maximum Gasteiger partial charge on any atom is 0.335 e. The van der Waals surface area contributed by atoms with Crippen molar-refractivity contribution >= 4 is 37.2 Å². The van der Waals surface area contributed by atoms with Crippen LogP contribution in [0.25, 0.3) is 0 Å². The molecule has 5 N–H and O–H groups in total. The third-order valence-corrected chi connectivity index (χ3v) is 9.60. The van der Waals surface area contributed by atoms with E-state index in [1.165, 1.54) is 30.3 Å². The quantitative estimate of drug-likeness (QED) is 0.533. The molecule has 0 radical (unpaired) electrons. The van der Waals surface area contributed by atoms with Gasteiger partial charge in [-0.05, 0) is 50.2 Å². The number of carboxylic acids is 1. The molecular formula is C17H22N2O7S3. The summed E-state index contributed by atoms with van der Waals surface area (Å²) in [5.41, 5.74) is 0.701. The number of phenols is 1. The largest absolute Gasteiger partial charge is 0.508 e. The Morgan fingerprint density at radius 2 is 1.90 bits per heavy atom. The van der Waals surface area contributed by atoms with Gasteiger partial charge in [0.1, 0.15) is 14.2 Å². The number of fused-ring (bicyclic) bond motifs is 1. The van der Waals surface area contributed by atoms with Crippen LogP contribution >= 0.6 is 11.3 Å². The first-order chi connectivity index (χ1) is 13.4. The van der Waals surface area contributed by atoms with Gasteiger partial charge in [0.05, 0.1) is 10.8 Å². The summed E-state index contributed by atoms with van der Waals surface area (Å²) in [6.07, 6.45) is 0.434.